The minimum Gasteiger partial charge on any atom is -0.492 e. The predicted octanol–water partition coefficient (Wildman–Crippen LogP) is 4.54. The van der Waals surface area contributed by atoms with E-state index in [1.54, 1.807) is 54.6 Å². The molecular weight excluding hydrogens is 518 g/mol. The molecule has 0 saturated carbocycles. The summed E-state index contributed by atoms with van der Waals surface area (Å²) in [5, 5.41) is 9.28. The highest BCUT2D eigenvalue weighted by Crippen LogP contribution is 2.26. The van der Waals surface area contributed by atoms with Crippen molar-refractivity contribution in [3.8, 4) is 17.6 Å². The number of ketones is 1. The monoisotopic (exact) mass is 543 g/mol. The van der Waals surface area contributed by atoms with E-state index in [4.69, 9.17) is 26.3 Å². The SMILES string of the molecule is Cc1cc(C)cc(C(=O)c2cc(Cl)ccc2OCCn2c(=O)ccn(CCOc3ccc(C#N)cc3)c2=O)c1. The van der Waals surface area contributed by atoms with Gasteiger partial charge in [-0.2, -0.15) is 5.26 Å². The molecule has 1 heterocycles. The Morgan fingerprint density at radius 2 is 1.59 bits per heavy atom. The molecule has 0 aliphatic heterocycles. The number of hydrogen-bond donors (Lipinski definition) is 0. The van der Waals surface area contributed by atoms with Crippen molar-refractivity contribution in [1.82, 2.24) is 9.13 Å². The van der Waals surface area contributed by atoms with Crippen LogP contribution in [0.1, 0.15) is 32.6 Å². The minimum absolute atomic E-state index is 0.0182. The third-order valence-corrected chi connectivity index (χ3v) is 6.20. The van der Waals surface area contributed by atoms with Gasteiger partial charge in [0, 0.05) is 22.8 Å². The Morgan fingerprint density at radius 1 is 0.897 bits per heavy atom. The Labute approximate surface area is 230 Å². The highest BCUT2D eigenvalue weighted by atomic mass is 35.5. The van der Waals surface area contributed by atoms with E-state index >= 15 is 0 Å². The number of carbonyl (C=O) groups excluding carboxylic acids is 1. The number of carbonyl (C=O) groups is 1. The van der Waals surface area contributed by atoms with E-state index in [1.165, 1.54) is 16.8 Å². The lowest BCUT2D eigenvalue weighted by Gasteiger charge is -2.14. The zero-order valence-corrected chi connectivity index (χ0v) is 22.3. The van der Waals surface area contributed by atoms with Crippen LogP contribution in [-0.2, 0) is 13.1 Å². The molecule has 0 aliphatic carbocycles. The van der Waals surface area contributed by atoms with Crippen molar-refractivity contribution in [2.24, 2.45) is 0 Å². The number of nitriles is 1. The van der Waals surface area contributed by atoms with Gasteiger partial charge in [0.05, 0.1) is 30.3 Å². The number of ether oxygens (including phenoxy) is 2. The van der Waals surface area contributed by atoms with Crippen LogP contribution in [0, 0.1) is 25.2 Å². The molecule has 0 N–H and O–H groups in total. The largest absolute Gasteiger partial charge is 0.492 e. The van der Waals surface area contributed by atoms with E-state index in [9.17, 15) is 14.4 Å². The molecule has 0 radical (unpaired) electrons. The van der Waals surface area contributed by atoms with Gasteiger partial charge in [0.1, 0.15) is 24.7 Å². The minimum atomic E-state index is -0.503. The Balaban J connectivity index is 1.44. The second-order valence-corrected chi connectivity index (χ2v) is 9.40. The molecule has 0 spiro atoms. The molecular formula is C30H26ClN3O5. The number of aryl methyl sites for hydroxylation is 2. The van der Waals surface area contributed by atoms with E-state index in [1.807, 2.05) is 26.0 Å². The number of hydrogen-bond acceptors (Lipinski definition) is 6. The molecule has 198 valence electrons. The van der Waals surface area contributed by atoms with Gasteiger partial charge in [-0.05, 0) is 68.4 Å². The fraction of sp³-hybridized carbons (Fsp3) is 0.200. The summed E-state index contributed by atoms with van der Waals surface area (Å²) in [5.41, 5.74) is 2.30. The van der Waals surface area contributed by atoms with Crippen molar-refractivity contribution in [1.29, 1.82) is 5.26 Å². The van der Waals surface area contributed by atoms with Gasteiger partial charge in [0.2, 0.25) is 0 Å². The Bertz CT molecular complexity index is 1650. The summed E-state index contributed by atoms with van der Waals surface area (Å²) in [6, 6.07) is 20.3. The van der Waals surface area contributed by atoms with Crippen LogP contribution in [-0.4, -0.2) is 28.1 Å². The highest BCUT2D eigenvalue weighted by molar-refractivity contribution is 6.31. The molecule has 0 bridgehead atoms. The molecule has 0 saturated heterocycles. The number of benzene rings is 3. The molecule has 4 rings (SSSR count). The van der Waals surface area contributed by atoms with E-state index in [0.717, 1.165) is 15.7 Å². The zero-order chi connectivity index (χ0) is 27.9. The summed E-state index contributed by atoms with van der Waals surface area (Å²) >= 11 is 6.17. The summed E-state index contributed by atoms with van der Waals surface area (Å²) in [4.78, 5) is 38.6. The topological polar surface area (TPSA) is 103 Å². The van der Waals surface area contributed by atoms with Crippen molar-refractivity contribution in [2.75, 3.05) is 13.2 Å². The molecule has 3 aromatic carbocycles. The Morgan fingerprint density at radius 3 is 2.28 bits per heavy atom. The molecule has 9 heteroatoms. The van der Waals surface area contributed by atoms with Crippen LogP contribution in [0.2, 0.25) is 5.02 Å². The highest BCUT2D eigenvalue weighted by Gasteiger charge is 2.17. The van der Waals surface area contributed by atoms with Crippen LogP contribution in [0.15, 0.2) is 82.5 Å². The van der Waals surface area contributed by atoms with E-state index in [0.29, 0.717) is 33.2 Å². The van der Waals surface area contributed by atoms with Crippen LogP contribution in [0.3, 0.4) is 0 Å². The Hall–Kier alpha value is -4.61. The number of aromatic nitrogens is 2. The van der Waals surface area contributed by atoms with Gasteiger partial charge in [-0.25, -0.2) is 4.79 Å². The van der Waals surface area contributed by atoms with E-state index < -0.39 is 11.2 Å². The summed E-state index contributed by atoms with van der Waals surface area (Å²) in [7, 11) is 0. The van der Waals surface area contributed by atoms with Crippen molar-refractivity contribution >= 4 is 17.4 Å². The molecule has 4 aromatic rings. The fourth-order valence-corrected chi connectivity index (χ4v) is 4.31. The molecule has 39 heavy (non-hydrogen) atoms. The number of halogens is 1. The molecule has 1 aromatic heterocycles. The van der Waals surface area contributed by atoms with Crippen LogP contribution in [0.5, 0.6) is 11.5 Å². The van der Waals surface area contributed by atoms with Gasteiger partial charge < -0.3 is 9.47 Å². The number of nitrogens with zero attached hydrogens (tertiary/aromatic N) is 3. The molecule has 0 aliphatic rings. The van der Waals surface area contributed by atoms with Gasteiger partial charge in [0.15, 0.2) is 5.78 Å². The lowest BCUT2D eigenvalue weighted by Crippen LogP contribution is -2.40. The standard InChI is InChI=1S/C30H26ClN3O5/c1-20-15-21(2)17-23(16-20)29(36)26-18-24(31)5-8-27(26)39-14-12-34-28(35)9-10-33(30(34)37)11-13-38-25-6-3-22(19-32)4-7-25/h3-10,15-18H,11-14H2,1-2H3. The summed E-state index contributed by atoms with van der Waals surface area (Å²) in [6.07, 6.45) is 1.42. The van der Waals surface area contributed by atoms with Crippen molar-refractivity contribution in [3.63, 3.8) is 0 Å². The van der Waals surface area contributed by atoms with E-state index in [-0.39, 0.29) is 32.1 Å². The molecule has 0 atom stereocenters. The average Bonchev–Trinajstić information content (AvgIpc) is 2.92. The van der Waals surface area contributed by atoms with Gasteiger partial charge in [-0.3, -0.25) is 18.7 Å². The van der Waals surface area contributed by atoms with Crippen LogP contribution in [0.25, 0.3) is 0 Å². The molecule has 8 nitrogen and oxygen atoms in total. The summed E-state index contributed by atoms with van der Waals surface area (Å²) in [6.45, 7) is 4.21. The van der Waals surface area contributed by atoms with E-state index in [2.05, 4.69) is 0 Å². The quantitative estimate of drug-likeness (QED) is 0.272. The van der Waals surface area contributed by atoms with Crippen LogP contribution >= 0.6 is 11.6 Å². The maximum atomic E-state index is 13.3. The van der Waals surface area contributed by atoms with Gasteiger partial charge >= 0.3 is 5.69 Å². The summed E-state index contributed by atoms with van der Waals surface area (Å²) in [5.74, 6) is 0.641. The first kappa shape index (κ1) is 27.4. The molecule has 0 unspecified atom stereocenters. The molecule has 0 fully saturated rings. The van der Waals surface area contributed by atoms with Crippen LogP contribution in [0.4, 0.5) is 0 Å². The maximum absolute atomic E-state index is 13.3. The Kier molecular flexibility index (Phi) is 8.64. The summed E-state index contributed by atoms with van der Waals surface area (Å²) < 4.78 is 14.0. The first-order valence-electron chi connectivity index (χ1n) is 12.2. The second kappa shape index (κ2) is 12.3. The lowest BCUT2D eigenvalue weighted by molar-refractivity contribution is 0.103. The predicted molar refractivity (Wildman–Crippen MR) is 148 cm³/mol. The zero-order valence-electron chi connectivity index (χ0n) is 21.5. The second-order valence-electron chi connectivity index (χ2n) is 8.96. The normalized spacial score (nSPS) is 10.6. The first-order valence-corrected chi connectivity index (χ1v) is 12.6. The third-order valence-electron chi connectivity index (χ3n) is 5.97. The molecule has 0 amide bonds. The first-order chi connectivity index (χ1) is 18.7. The van der Waals surface area contributed by atoms with Crippen molar-refractivity contribution in [3.05, 3.63) is 127 Å². The maximum Gasteiger partial charge on any atom is 0.331 e. The fourth-order valence-electron chi connectivity index (χ4n) is 4.13. The van der Waals surface area contributed by atoms with Crippen molar-refractivity contribution in [2.45, 2.75) is 26.9 Å². The smallest absolute Gasteiger partial charge is 0.331 e. The van der Waals surface area contributed by atoms with Crippen LogP contribution < -0.4 is 20.7 Å². The van der Waals surface area contributed by atoms with Crippen molar-refractivity contribution < 1.29 is 14.3 Å². The average molecular weight is 544 g/mol. The number of rotatable bonds is 10. The van der Waals surface area contributed by atoms with Gasteiger partial charge in [-0.1, -0.05) is 28.8 Å². The van der Waals surface area contributed by atoms with Gasteiger partial charge in [-0.15, -0.1) is 0 Å². The van der Waals surface area contributed by atoms with Gasteiger partial charge in [0.25, 0.3) is 5.56 Å². The lowest BCUT2D eigenvalue weighted by atomic mass is 9.99. The third kappa shape index (κ3) is 6.83.